The molecule has 3 N–H and O–H groups in total. The molecule has 0 aliphatic carbocycles. The van der Waals surface area contributed by atoms with Crippen LogP contribution < -0.4 is 5.32 Å². The Balaban J connectivity index is 1.96. The van der Waals surface area contributed by atoms with Gasteiger partial charge in [0, 0.05) is 47.8 Å². The highest BCUT2D eigenvalue weighted by atomic mass is 16.3. The summed E-state index contributed by atoms with van der Waals surface area (Å²) < 4.78 is 0. The summed E-state index contributed by atoms with van der Waals surface area (Å²) in [5, 5.41) is 25.7. The third kappa shape index (κ3) is 7.30. The summed E-state index contributed by atoms with van der Waals surface area (Å²) in [5.74, 6) is 0.591. The zero-order valence-electron chi connectivity index (χ0n) is 26.3. The van der Waals surface area contributed by atoms with Gasteiger partial charge in [0.25, 0.3) is 0 Å². The molecule has 0 unspecified atom stereocenters. The number of hydrogen-bond acceptors (Lipinski definition) is 5. The van der Waals surface area contributed by atoms with E-state index >= 15 is 0 Å². The fourth-order valence-electron chi connectivity index (χ4n) is 4.83. The quantitative estimate of drug-likeness (QED) is 0.365. The average Bonchev–Trinajstić information content (AvgIpc) is 3.21. The lowest BCUT2D eigenvalue weighted by molar-refractivity contribution is 0.443. The number of aliphatic imine (C=N–C) groups is 2. The van der Waals surface area contributed by atoms with Crippen molar-refractivity contribution in [3.05, 3.63) is 57.6 Å². The summed E-state index contributed by atoms with van der Waals surface area (Å²) in [5.41, 5.74) is 5.22. The van der Waals surface area contributed by atoms with E-state index in [-0.39, 0.29) is 33.7 Å². The number of nitrogens with zero attached hydrogens (tertiary/aromatic N) is 2. The number of aromatic hydroxyl groups is 2. The van der Waals surface area contributed by atoms with E-state index in [1.807, 2.05) is 12.4 Å². The Morgan fingerprint density at radius 3 is 1.21 bits per heavy atom. The van der Waals surface area contributed by atoms with Gasteiger partial charge in [0.15, 0.2) is 0 Å². The second-order valence-corrected chi connectivity index (χ2v) is 15.3. The summed E-state index contributed by atoms with van der Waals surface area (Å²) in [6, 6.07) is 8.23. The van der Waals surface area contributed by atoms with Gasteiger partial charge in [-0.1, -0.05) is 95.2 Å². The minimum absolute atomic E-state index is 0.0481. The number of hydrogen-bond donors (Lipinski definition) is 3. The van der Waals surface area contributed by atoms with E-state index in [2.05, 4.69) is 113 Å². The van der Waals surface area contributed by atoms with Gasteiger partial charge in [-0.25, -0.2) is 0 Å². The molecule has 5 heteroatoms. The molecule has 2 aromatic rings. The van der Waals surface area contributed by atoms with E-state index in [0.717, 1.165) is 22.3 Å². The third-order valence-electron chi connectivity index (χ3n) is 7.59. The molecule has 0 amide bonds. The molecular weight excluding hydrogens is 482 g/mol. The number of phenols is 2. The van der Waals surface area contributed by atoms with E-state index in [0.29, 0.717) is 24.6 Å². The topological polar surface area (TPSA) is 77.2 Å². The maximum atomic E-state index is 11.2. The Bertz CT molecular complexity index is 1150. The third-order valence-corrected chi connectivity index (χ3v) is 7.59. The summed E-state index contributed by atoms with van der Waals surface area (Å²) >= 11 is 0. The molecule has 1 heterocycles. The second-order valence-electron chi connectivity index (χ2n) is 15.3. The van der Waals surface area contributed by atoms with Crippen molar-refractivity contribution < 1.29 is 10.2 Å². The first-order valence-electron chi connectivity index (χ1n) is 14.2. The smallest absolute Gasteiger partial charge is 0.128 e. The van der Waals surface area contributed by atoms with E-state index in [1.54, 1.807) is 0 Å². The van der Waals surface area contributed by atoms with Crippen LogP contribution in [-0.2, 0) is 21.7 Å². The van der Waals surface area contributed by atoms with Crippen LogP contribution in [0.1, 0.15) is 116 Å². The predicted octanol–water partition coefficient (Wildman–Crippen LogP) is 7.17. The molecule has 0 spiro atoms. The van der Waals surface area contributed by atoms with Crippen LogP contribution >= 0.6 is 0 Å². The molecule has 0 bridgehead atoms. The van der Waals surface area contributed by atoms with Crippen molar-refractivity contribution >= 4 is 12.4 Å². The number of benzene rings is 2. The average molecular weight is 534 g/mol. The fraction of sp³-hybridized carbons (Fsp3) is 0.588. The largest absolute Gasteiger partial charge is 0.507 e. The molecule has 1 aliphatic heterocycles. The minimum Gasteiger partial charge on any atom is -0.507 e. The summed E-state index contributed by atoms with van der Waals surface area (Å²) in [4.78, 5) is 9.81. The number of nitrogens with one attached hydrogen (secondary N) is 1. The first-order chi connectivity index (χ1) is 17.7. The molecule has 3 rings (SSSR count). The van der Waals surface area contributed by atoms with Crippen LogP contribution in [0.3, 0.4) is 0 Å². The molecule has 1 aliphatic rings. The normalized spacial score (nSPS) is 19.5. The Kier molecular flexibility index (Phi) is 8.49. The number of rotatable bonds is 4. The van der Waals surface area contributed by atoms with Gasteiger partial charge >= 0.3 is 0 Å². The van der Waals surface area contributed by atoms with Gasteiger partial charge in [-0.3, -0.25) is 9.98 Å². The van der Waals surface area contributed by atoms with Crippen LogP contribution in [-0.4, -0.2) is 47.8 Å². The lowest BCUT2D eigenvalue weighted by Gasteiger charge is -2.27. The Hall–Kier alpha value is -2.66. The summed E-state index contributed by atoms with van der Waals surface area (Å²) in [7, 11) is 0. The highest BCUT2D eigenvalue weighted by molar-refractivity contribution is 5.86. The van der Waals surface area contributed by atoms with Crippen LogP contribution in [0, 0.1) is 0 Å². The van der Waals surface area contributed by atoms with Gasteiger partial charge in [-0.05, 0) is 44.9 Å². The molecule has 2 atom stereocenters. The van der Waals surface area contributed by atoms with Crippen molar-refractivity contribution in [3.8, 4) is 11.5 Å². The van der Waals surface area contributed by atoms with Crippen molar-refractivity contribution in [3.63, 3.8) is 0 Å². The van der Waals surface area contributed by atoms with Crippen molar-refractivity contribution in [2.75, 3.05) is 13.1 Å². The molecule has 0 saturated carbocycles. The Labute approximate surface area is 236 Å². The van der Waals surface area contributed by atoms with Crippen LogP contribution in [0.25, 0.3) is 0 Å². The van der Waals surface area contributed by atoms with E-state index in [1.165, 1.54) is 11.1 Å². The first kappa shape index (κ1) is 30.9. The van der Waals surface area contributed by atoms with E-state index in [4.69, 9.17) is 9.98 Å². The van der Waals surface area contributed by atoms with Crippen LogP contribution in [0.5, 0.6) is 11.5 Å². The molecule has 214 valence electrons. The van der Waals surface area contributed by atoms with Gasteiger partial charge < -0.3 is 15.5 Å². The van der Waals surface area contributed by atoms with Crippen molar-refractivity contribution in [1.29, 1.82) is 0 Å². The lowest BCUT2D eigenvalue weighted by atomic mass is 9.79. The maximum Gasteiger partial charge on any atom is 0.128 e. The molecular formula is C34H51N3O2. The van der Waals surface area contributed by atoms with Crippen molar-refractivity contribution in [1.82, 2.24) is 5.32 Å². The summed E-state index contributed by atoms with van der Waals surface area (Å²) in [6.45, 7) is 27.3. The standard InChI is InChI=1S/C34H51N3O2/c1-31(2,3)23-13-21(29(38)25(15-23)33(7,8)9)17-36-27-19-35-20-28(27)37-18-22-14-24(32(4,5)6)16-26(30(22)39)34(10,11)12/h13-18,27-28,35,38-39H,19-20H2,1-12H3/t27-,28-/m0/s1. The summed E-state index contributed by atoms with van der Waals surface area (Å²) in [6.07, 6.45) is 3.63. The van der Waals surface area contributed by atoms with Gasteiger partial charge in [-0.15, -0.1) is 0 Å². The molecule has 5 nitrogen and oxygen atoms in total. The molecule has 1 saturated heterocycles. The van der Waals surface area contributed by atoms with Crippen LogP contribution in [0.2, 0.25) is 0 Å². The lowest BCUT2D eigenvalue weighted by Crippen LogP contribution is -2.21. The van der Waals surface area contributed by atoms with Crippen molar-refractivity contribution in [2.24, 2.45) is 9.98 Å². The molecule has 2 aromatic carbocycles. The van der Waals surface area contributed by atoms with Gasteiger partial charge in [0.1, 0.15) is 11.5 Å². The van der Waals surface area contributed by atoms with Crippen LogP contribution in [0.15, 0.2) is 34.3 Å². The molecule has 39 heavy (non-hydrogen) atoms. The number of phenolic OH excluding ortho intramolecular Hbond substituents is 2. The highest BCUT2D eigenvalue weighted by Gasteiger charge is 2.28. The predicted molar refractivity (Wildman–Crippen MR) is 167 cm³/mol. The maximum absolute atomic E-state index is 11.2. The molecule has 0 aromatic heterocycles. The van der Waals surface area contributed by atoms with E-state index in [9.17, 15) is 10.2 Å². The molecule has 0 radical (unpaired) electrons. The first-order valence-corrected chi connectivity index (χ1v) is 14.2. The van der Waals surface area contributed by atoms with Gasteiger partial charge in [0.05, 0.1) is 12.1 Å². The highest BCUT2D eigenvalue weighted by Crippen LogP contribution is 2.38. The van der Waals surface area contributed by atoms with Crippen molar-refractivity contribution in [2.45, 2.75) is 117 Å². The van der Waals surface area contributed by atoms with Gasteiger partial charge in [0.2, 0.25) is 0 Å². The SMILES string of the molecule is CC(C)(C)c1cc(C=N[C@H]2CNC[C@@H]2N=Cc2cc(C(C)(C)C)cc(C(C)(C)C)c2O)c(O)c(C(C)(C)C)c1. The Morgan fingerprint density at radius 2 is 0.923 bits per heavy atom. The minimum atomic E-state index is -0.189. The zero-order chi connectivity index (χ0) is 29.6. The van der Waals surface area contributed by atoms with E-state index < -0.39 is 0 Å². The second kappa shape index (κ2) is 10.7. The van der Waals surface area contributed by atoms with Gasteiger partial charge in [-0.2, -0.15) is 0 Å². The molecule has 1 fully saturated rings. The van der Waals surface area contributed by atoms with Crippen LogP contribution in [0.4, 0.5) is 0 Å². The monoisotopic (exact) mass is 533 g/mol. The zero-order valence-corrected chi connectivity index (χ0v) is 26.3. The Morgan fingerprint density at radius 1 is 0.590 bits per heavy atom. The fourth-order valence-corrected chi connectivity index (χ4v) is 4.83.